The molecule has 2 aromatic rings. The van der Waals surface area contributed by atoms with Gasteiger partial charge in [0.2, 0.25) is 5.91 Å². The van der Waals surface area contributed by atoms with E-state index in [9.17, 15) is 4.79 Å². The predicted octanol–water partition coefficient (Wildman–Crippen LogP) is 2.81. The molecule has 5 heteroatoms. The molecule has 3 rings (SSSR count). The van der Waals surface area contributed by atoms with Gasteiger partial charge in [0, 0.05) is 50.3 Å². The number of rotatable bonds is 4. The minimum atomic E-state index is 0.206. The zero-order chi connectivity index (χ0) is 15.5. The van der Waals surface area contributed by atoms with Crippen LogP contribution in [-0.2, 0) is 4.79 Å². The fourth-order valence-corrected chi connectivity index (χ4v) is 3.31. The smallest absolute Gasteiger partial charge is 0.224 e. The Labute approximate surface area is 131 Å². The van der Waals surface area contributed by atoms with Gasteiger partial charge in [-0.1, -0.05) is 0 Å². The maximum Gasteiger partial charge on any atom is 0.224 e. The monoisotopic (exact) mass is 300 g/mol. The highest BCUT2D eigenvalue weighted by Crippen LogP contribution is 2.24. The maximum atomic E-state index is 12.6. The molecule has 1 aliphatic heterocycles. The number of aryl methyl sites for hydroxylation is 1. The Kier molecular flexibility index (Phi) is 4.32. The number of imidazole rings is 1. The van der Waals surface area contributed by atoms with E-state index in [1.165, 1.54) is 0 Å². The summed E-state index contributed by atoms with van der Waals surface area (Å²) in [6.45, 7) is 5.80. The summed E-state index contributed by atoms with van der Waals surface area (Å²) < 4.78 is 4.30. The van der Waals surface area contributed by atoms with E-state index in [1.807, 2.05) is 48.7 Å². The van der Waals surface area contributed by atoms with Crippen LogP contribution in [0.15, 0.2) is 36.9 Å². The second-order valence-electron chi connectivity index (χ2n) is 6.20. The van der Waals surface area contributed by atoms with Gasteiger partial charge >= 0.3 is 0 Å². The Morgan fingerprint density at radius 1 is 1.36 bits per heavy atom. The van der Waals surface area contributed by atoms with Crippen LogP contribution in [0.4, 0.5) is 0 Å². The van der Waals surface area contributed by atoms with Crippen molar-refractivity contribution in [2.24, 2.45) is 0 Å². The molecule has 1 saturated heterocycles. The highest BCUT2D eigenvalue weighted by Gasteiger charge is 2.26. The quantitative estimate of drug-likeness (QED) is 0.871. The van der Waals surface area contributed by atoms with Crippen LogP contribution in [0.25, 0.3) is 0 Å². The minimum absolute atomic E-state index is 0.206. The second-order valence-corrected chi connectivity index (χ2v) is 6.20. The Hall–Kier alpha value is -2.04. The zero-order valence-corrected chi connectivity index (χ0v) is 13.4. The molecule has 0 spiro atoms. The first-order valence-corrected chi connectivity index (χ1v) is 8.05. The van der Waals surface area contributed by atoms with Gasteiger partial charge in [0.05, 0.1) is 6.04 Å². The van der Waals surface area contributed by atoms with E-state index < -0.39 is 0 Å². The van der Waals surface area contributed by atoms with Gasteiger partial charge in [0.1, 0.15) is 5.82 Å². The van der Waals surface area contributed by atoms with Crippen LogP contribution in [0.2, 0.25) is 0 Å². The van der Waals surface area contributed by atoms with Crippen LogP contribution >= 0.6 is 0 Å². The lowest BCUT2D eigenvalue weighted by atomic mass is 10.0. The van der Waals surface area contributed by atoms with Gasteiger partial charge in [-0.3, -0.25) is 4.79 Å². The maximum absolute atomic E-state index is 12.6. The molecule has 0 bridgehead atoms. The first kappa shape index (κ1) is 14.9. The third kappa shape index (κ3) is 3.08. The largest absolute Gasteiger partial charge is 0.351 e. The molecular formula is C17H24N4O. The van der Waals surface area contributed by atoms with Crippen LogP contribution in [0, 0.1) is 6.92 Å². The van der Waals surface area contributed by atoms with E-state index >= 15 is 0 Å². The molecule has 0 aromatic carbocycles. The number of hydrogen-bond donors (Lipinski definition) is 0. The fourth-order valence-electron chi connectivity index (χ4n) is 3.31. The molecule has 0 radical (unpaired) electrons. The van der Waals surface area contributed by atoms with Gasteiger partial charge in [-0.2, -0.15) is 0 Å². The van der Waals surface area contributed by atoms with Crippen LogP contribution < -0.4 is 0 Å². The topological polar surface area (TPSA) is 43.1 Å². The molecule has 1 aliphatic rings. The lowest BCUT2D eigenvalue weighted by Crippen LogP contribution is -2.41. The van der Waals surface area contributed by atoms with Crippen molar-refractivity contribution in [3.8, 4) is 0 Å². The number of hydrogen-bond acceptors (Lipinski definition) is 2. The Morgan fingerprint density at radius 2 is 2.14 bits per heavy atom. The molecule has 2 aromatic heterocycles. The lowest BCUT2D eigenvalue weighted by Gasteiger charge is -2.34. The second kappa shape index (κ2) is 6.38. The lowest BCUT2D eigenvalue weighted by molar-refractivity contribution is -0.133. The number of carbonyl (C=O) groups excluding carboxylic acids is 1. The van der Waals surface area contributed by atoms with E-state index in [0.717, 1.165) is 31.8 Å². The number of carbonyl (C=O) groups is 1. The average molecular weight is 300 g/mol. The molecule has 0 aliphatic carbocycles. The molecule has 22 heavy (non-hydrogen) atoms. The van der Waals surface area contributed by atoms with Crippen LogP contribution in [0.1, 0.15) is 44.1 Å². The predicted molar refractivity (Wildman–Crippen MR) is 85.6 cm³/mol. The molecule has 5 nitrogen and oxygen atoms in total. The summed E-state index contributed by atoms with van der Waals surface area (Å²) in [7, 11) is 0. The fraction of sp³-hybridized carbons (Fsp3) is 0.529. The van der Waals surface area contributed by atoms with E-state index in [2.05, 4.69) is 21.0 Å². The molecule has 118 valence electrons. The van der Waals surface area contributed by atoms with Crippen molar-refractivity contribution in [3.05, 3.63) is 42.7 Å². The summed E-state index contributed by atoms with van der Waals surface area (Å²) in [6.07, 6.45) is 10.6. The summed E-state index contributed by atoms with van der Waals surface area (Å²) >= 11 is 0. The van der Waals surface area contributed by atoms with Crippen molar-refractivity contribution < 1.29 is 4.79 Å². The molecular weight excluding hydrogens is 276 g/mol. The van der Waals surface area contributed by atoms with Gasteiger partial charge in [0.25, 0.3) is 0 Å². The molecule has 0 unspecified atom stereocenters. The van der Waals surface area contributed by atoms with Crippen molar-refractivity contribution in [3.63, 3.8) is 0 Å². The Balaban J connectivity index is 1.62. The van der Waals surface area contributed by atoms with E-state index in [1.54, 1.807) is 0 Å². The van der Waals surface area contributed by atoms with Crippen molar-refractivity contribution in [1.82, 2.24) is 19.0 Å². The first-order valence-electron chi connectivity index (χ1n) is 8.05. The Bertz CT molecular complexity index is 616. The zero-order valence-electron chi connectivity index (χ0n) is 13.4. The van der Waals surface area contributed by atoms with Crippen LogP contribution in [0.5, 0.6) is 0 Å². The van der Waals surface area contributed by atoms with Crippen molar-refractivity contribution >= 4 is 5.91 Å². The third-order valence-corrected chi connectivity index (χ3v) is 4.61. The summed E-state index contributed by atoms with van der Waals surface area (Å²) in [5.74, 6) is 1.28. The van der Waals surface area contributed by atoms with Gasteiger partial charge in [-0.25, -0.2) is 4.98 Å². The van der Waals surface area contributed by atoms with Gasteiger partial charge in [-0.05, 0) is 38.8 Å². The summed E-state index contributed by atoms with van der Waals surface area (Å²) in [6, 6.07) is 4.57. The van der Waals surface area contributed by atoms with E-state index in [4.69, 9.17) is 0 Å². The molecule has 1 amide bonds. The van der Waals surface area contributed by atoms with Crippen LogP contribution in [0.3, 0.4) is 0 Å². The standard InChI is InChI=1S/C17H24N4O/c1-14(19-8-3-4-9-19)12-17(22)20-10-5-6-16(13-20)21-11-7-18-15(21)2/h3-4,7-9,11,14,16H,5-6,10,12-13H2,1-2H3/t14-,16+/m1/s1. The van der Waals surface area contributed by atoms with Crippen molar-refractivity contribution in [2.75, 3.05) is 13.1 Å². The summed E-state index contributed by atoms with van der Waals surface area (Å²) in [5, 5.41) is 0. The average Bonchev–Trinajstić information content (AvgIpc) is 3.18. The molecule has 0 N–H and O–H groups in total. The van der Waals surface area contributed by atoms with E-state index in [-0.39, 0.29) is 11.9 Å². The van der Waals surface area contributed by atoms with Crippen molar-refractivity contribution in [2.45, 2.75) is 45.2 Å². The number of aromatic nitrogens is 3. The van der Waals surface area contributed by atoms with Crippen molar-refractivity contribution in [1.29, 1.82) is 0 Å². The molecule has 1 fully saturated rings. The van der Waals surface area contributed by atoms with Gasteiger partial charge in [-0.15, -0.1) is 0 Å². The normalized spacial score (nSPS) is 20.1. The Morgan fingerprint density at radius 3 is 2.82 bits per heavy atom. The number of nitrogens with zero attached hydrogens (tertiary/aromatic N) is 4. The highest BCUT2D eigenvalue weighted by atomic mass is 16.2. The number of piperidine rings is 1. The molecule has 2 atom stereocenters. The number of amides is 1. The minimum Gasteiger partial charge on any atom is -0.351 e. The third-order valence-electron chi connectivity index (χ3n) is 4.61. The molecule has 0 saturated carbocycles. The highest BCUT2D eigenvalue weighted by molar-refractivity contribution is 5.76. The number of likely N-dealkylation sites (tertiary alicyclic amines) is 1. The SMILES string of the molecule is Cc1nccn1[C@H]1CCCN(C(=O)C[C@@H](C)n2cccc2)C1. The van der Waals surface area contributed by atoms with Gasteiger partial charge < -0.3 is 14.0 Å². The summed E-state index contributed by atoms with van der Waals surface area (Å²) in [5.41, 5.74) is 0. The van der Waals surface area contributed by atoms with Crippen LogP contribution in [-0.4, -0.2) is 38.0 Å². The van der Waals surface area contributed by atoms with Gasteiger partial charge in [0.15, 0.2) is 0 Å². The summed E-state index contributed by atoms with van der Waals surface area (Å²) in [4.78, 5) is 18.9. The first-order chi connectivity index (χ1) is 10.6. The molecule has 3 heterocycles. The van der Waals surface area contributed by atoms with E-state index in [0.29, 0.717) is 12.5 Å².